The second-order valence-electron chi connectivity index (χ2n) is 5.10. The van der Waals surface area contributed by atoms with E-state index in [2.05, 4.69) is 31.8 Å². The van der Waals surface area contributed by atoms with Gasteiger partial charge in [0.15, 0.2) is 0 Å². The highest BCUT2D eigenvalue weighted by Crippen LogP contribution is 2.27. The fourth-order valence-electron chi connectivity index (χ4n) is 1.58. The van der Waals surface area contributed by atoms with Crippen molar-refractivity contribution in [1.29, 1.82) is 0 Å². The van der Waals surface area contributed by atoms with Crippen LogP contribution in [0.4, 0.5) is 0 Å². The van der Waals surface area contributed by atoms with Crippen LogP contribution in [0, 0.1) is 12.3 Å². The molecule has 0 saturated carbocycles. The number of aromatic nitrogens is 1. The van der Waals surface area contributed by atoms with E-state index in [1.54, 1.807) is 0 Å². The Morgan fingerprint density at radius 1 is 1.43 bits per heavy atom. The summed E-state index contributed by atoms with van der Waals surface area (Å²) in [7, 11) is 0. The maximum Gasteiger partial charge on any atom is 0.0375 e. The van der Waals surface area contributed by atoms with Gasteiger partial charge in [-0.05, 0) is 36.5 Å². The molecule has 78 valence electrons. The van der Waals surface area contributed by atoms with Gasteiger partial charge in [-0.1, -0.05) is 20.8 Å². The Hall–Kier alpha value is -0.890. The average Bonchev–Trinajstić information content (AvgIpc) is 2.01. The van der Waals surface area contributed by atoms with Gasteiger partial charge in [0.25, 0.3) is 0 Å². The molecule has 0 aliphatic carbocycles. The summed E-state index contributed by atoms with van der Waals surface area (Å²) in [5, 5.41) is 0. The third-order valence-electron chi connectivity index (χ3n) is 2.18. The van der Waals surface area contributed by atoms with Crippen LogP contribution in [0.15, 0.2) is 18.3 Å². The number of pyridine rings is 1. The molecule has 1 aromatic rings. The Morgan fingerprint density at radius 3 is 2.57 bits per heavy atom. The molecule has 14 heavy (non-hydrogen) atoms. The maximum absolute atomic E-state index is 6.12. The second-order valence-corrected chi connectivity index (χ2v) is 5.10. The minimum absolute atomic E-state index is 0.122. The lowest BCUT2D eigenvalue weighted by Crippen LogP contribution is -2.18. The molecule has 0 spiro atoms. The Labute approximate surface area is 86.5 Å². The summed E-state index contributed by atoms with van der Waals surface area (Å²) >= 11 is 0. The van der Waals surface area contributed by atoms with Gasteiger partial charge in [0.1, 0.15) is 0 Å². The highest BCUT2D eigenvalue weighted by Gasteiger charge is 2.16. The Bertz CT molecular complexity index is 299. The van der Waals surface area contributed by atoms with E-state index in [1.807, 2.05) is 19.2 Å². The Morgan fingerprint density at radius 2 is 2.07 bits per heavy atom. The van der Waals surface area contributed by atoms with Crippen LogP contribution in [0.1, 0.15) is 44.5 Å². The quantitative estimate of drug-likeness (QED) is 0.782. The van der Waals surface area contributed by atoms with Crippen molar-refractivity contribution < 1.29 is 0 Å². The van der Waals surface area contributed by atoms with Gasteiger partial charge in [0.2, 0.25) is 0 Å². The third kappa shape index (κ3) is 3.46. The highest BCUT2D eigenvalue weighted by atomic mass is 14.7. The lowest BCUT2D eigenvalue weighted by molar-refractivity contribution is 0.342. The van der Waals surface area contributed by atoms with Gasteiger partial charge in [-0.25, -0.2) is 0 Å². The Kier molecular flexibility index (Phi) is 3.27. The highest BCUT2D eigenvalue weighted by molar-refractivity contribution is 5.19. The minimum Gasteiger partial charge on any atom is -0.324 e. The molecule has 0 amide bonds. The van der Waals surface area contributed by atoms with Crippen LogP contribution in [-0.2, 0) is 0 Å². The van der Waals surface area contributed by atoms with Crippen LogP contribution in [0.2, 0.25) is 0 Å². The van der Waals surface area contributed by atoms with Crippen LogP contribution >= 0.6 is 0 Å². The Balaban J connectivity index is 2.74. The molecule has 0 aliphatic heterocycles. The summed E-state index contributed by atoms with van der Waals surface area (Å²) in [6.45, 7) is 8.62. The summed E-state index contributed by atoms with van der Waals surface area (Å²) < 4.78 is 0. The molecule has 0 radical (unpaired) electrons. The molecular weight excluding hydrogens is 172 g/mol. The molecule has 2 heteroatoms. The zero-order valence-electron chi connectivity index (χ0n) is 9.54. The first-order valence-corrected chi connectivity index (χ1v) is 5.06. The van der Waals surface area contributed by atoms with Gasteiger partial charge >= 0.3 is 0 Å². The zero-order valence-corrected chi connectivity index (χ0v) is 9.54. The van der Waals surface area contributed by atoms with E-state index in [4.69, 9.17) is 5.73 Å². The minimum atomic E-state index is 0.122. The number of aryl methyl sites for hydroxylation is 1. The molecule has 0 saturated heterocycles. The van der Waals surface area contributed by atoms with Crippen molar-refractivity contribution in [2.24, 2.45) is 11.1 Å². The van der Waals surface area contributed by atoms with E-state index in [9.17, 15) is 0 Å². The molecule has 2 N–H and O–H groups in total. The maximum atomic E-state index is 6.12. The number of nitrogens with two attached hydrogens (primary N) is 1. The normalized spacial score (nSPS) is 14.1. The average molecular weight is 192 g/mol. The monoisotopic (exact) mass is 192 g/mol. The first kappa shape index (κ1) is 11.2. The van der Waals surface area contributed by atoms with Gasteiger partial charge in [0, 0.05) is 17.9 Å². The molecule has 2 nitrogen and oxygen atoms in total. The van der Waals surface area contributed by atoms with E-state index in [0.717, 1.165) is 12.1 Å². The summed E-state index contributed by atoms with van der Waals surface area (Å²) in [5.74, 6) is 0. The first-order valence-electron chi connectivity index (χ1n) is 5.06. The molecule has 0 aromatic carbocycles. The fourth-order valence-corrected chi connectivity index (χ4v) is 1.58. The van der Waals surface area contributed by atoms with Crippen LogP contribution in [0.5, 0.6) is 0 Å². The molecule has 1 heterocycles. The molecule has 1 atom stereocenters. The number of rotatable bonds is 2. The van der Waals surface area contributed by atoms with E-state index >= 15 is 0 Å². The fraction of sp³-hybridized carbons (Fsp3) is 0.583. The second kappa shape index (κ2) is 4.09. The molecule has 0 bridgehead atoms. The smallest absolute Gasteiger partial charge is 0.0375 e. The van der Waals surface area contributed by atoms with Gasteiger partial charge < -0.3 is 5.73 Å². The summed E-state index contributed by atoms with van der Waals surface area (Å²) in [5.41, 5.74) is 8.62. The van der Waals surface area contributed by atoms with Crippen molar-refractivity contribution >= 4 is 0 Å². The molecule has 1 aromatic heterocycles. The molecule has 1 unspecified atom stereocenters. The number of hydrogen-bond donors (Lipinski definition) is 1. The first-order chi connectivity index (χ1) is 6.38. The van der Waals surface area contributed by atoms with Crippen molar-refractivity contribution in [3.8, 4) is 0 Å². The van der Waals surface area contributed by atoms with Gasteiger partial charge in [-0.3, -0.25) is 4.98 Å². The largest absolute Gasteiger partial charge is 0.324 e. The molecule has 0 fully saturated rings. The van der Waals surface area contributed by atoms with Crippen molar-refractivity contribution in [1.82, 2.24) is 4.98 Å². The van der Waals surface area contributed by atoms with Gasteiger partial charge in [-0.15, -0.1) is 0 Å². The van der Waals surface area contributed by atoms with Crippen molar-refractivity contribution in [3.05, 3.63) is 29.6 Å². The van der Waals surface area contributed by atoms with E-state index in [1.165, 1.54) is 5.56 Å². The zero-order chi connectivity index (χ0) is 10.8. The lowest BCUT2D eigenvalue weighted by atomic mass is 9.86. The van der Waals surface area contributed by atoms with Gasteiger partial charge in [-0.2, -0.15) is 0 Å². The SMILES string of the molecule is Cc1cc(C(N)CC(C)(C)C)ccn1. The van der Waals surface area contributed by atoms with Crippen molar-refractivity contribution in [2.45, 2.75) is 40.2 Å². The van der Waals surface area contributed by atoms with Crippen LogP contribution < -0.4 is 5.73 Å². The summed E-state index contributed by atoms with van der Waals surface area (Å²) in [4.78, 5) is 4.16. The predicted octanol–water partition coefficient (Wildman–Crippen LogP) is 2.83. The summed E-state index contributed by atoms with van der Waals surface area (Å²) in [6, 6.07) is 4.19. The molecule has 0 aliphatic rings. The number of nitrogens with zero attached hydrogens (tertiary/aromatic N) is 1. The van der Waals surface area contributed by atoms with Crippen LogP contribution in [0.3, 0.4) is 0 Å². The summed E-state index contributed by atoms with van der Waals surface area (Å²) in [6.07, 6.45) is 2.82. The van der Waals surface area contributed by atoms with E-state index < -0.39 is 0 Å². The van der Waals surface area contributed by atoms with Crippen molar-refractivity contribution in [3.63, 3.8) is 0 Å². The third-order valence-corrected chi connectivity index (χ3v) is 2.18. The van der Waals surface area contributed by atoms with Gasteiger partial charge in [0.05, 0.1) is 0 Å². The van der Waals surface area contributed by atoms with E-state index in [-0.39, 0.29) is 11.5 Å². The van der Waals surface area contributed by atoms with Crippen LogP contribution in [0.25, 0.3) is 0 Å². The molecular formula is C12H20N2. The predicted molar refractivity (Wildman–Crippen MR) is 60.0 cm³/mol. The topological polar surface area (TPSA) is 38.9 Å². The van der Waals surface area contributed by atoms with Crippen LogP contribution in [-0.4, -0.2) is 4.98 Å². The van der Waals surface area contributed by atoms with E-state index in [0.29, 0.717) is 0 Å². The lowest BCUT2D eigenvalue weighted by Gasteiger charge is -2.23. The standard InChI is InChI=1S/C12H20N2/c1-9-7-10(5-6-14-9)11(13)8-12(2,3)4/h5-7,11H,8,13H2,1-4H3. The number of hydrogen-bond acceptors (Lipinski definition) is 2. The molecule has 1 rings (SSSR count). The van der Waals surface area contributed by atoms with Crippen molar-refractivity contribution in [2.75, 3.05) is 0 Å².